The van der Waals surface area contributed by atoms with Crippen molar-refractivity contribution in [2.45, 2.75) is 19.8 Å². The summed E-state index contributed by atoms with van der Waals surface area (Å²) in [5.41, 5.74) is 2.90. The quantitative estimate of drug-likeness (QED) is 0.632. The number of piperidine rings is 1. The number of likely N-dealkylation sites (tertiary alicyclic amines) is 1. The maximum absolute atomic E-state index is 13.4. The number of rotatable bonds is 3. The summed E-state index contributed by atoms with van der Waals surface area (Å²) in [5.74, 6) is 0.780. The Labute approximate surface area is 181 Å². The van der Waals surface area contributed by atoms with Crippen LogP contribution in [0.15, 0.2) is 48.7 Å². The first kappa shape index (κ1) is 19.3. The van der Waals surface area contributed by atoms with Crippen LogP contribution in [-0.4, -0.2) is 42.1 Å². The summed E-state index contributed by atoms with van der Waals surface area (Å²) in [6.45, 7) is 5.26. The van der Waals surface area contributed by atoms with Gasteiger partial charge in [-0.3, -0.25) is 4.79 Å². The highest BCUT2D eigenvalue weighted by molar-refractivity contribution is 6.30. The van der Waals surface area contributed by atoms with Gasteiger partial charge in [-0.15, -0.1) is 0 Å². The van der Waals surface area contributed by atoms with Crippen molar-refractivity contribution in [2.24, 2.45) is 5.41 Å². The number of pyridine rings is 1. The van der Waals surface area contributed by atoms with E-state index in [2.05, 4.69) is 10.3 Å². The highest BCUT2D eigenvalue weighted by Crippen LogP contribution is 2.39. The van der Waals surface area contributed by atoms with Gasteiger partial charge >= 0.3 is 0 Å². The molecule has 1 amide bonds. The van der Waals surface area contributed by atoms with Crippen molar-refractivity contribution in [3.8, 4) is 0 Å². The molecule has 0 atom stereocenters. The van der Waals surface area contributed by atoms with E-state index in [4.69, 9.17) is 16.3 Å². The zero-order valence-electron chi connectivity index (χ0n) is 17.0. The SMILES string of the molecule is Cc1cccc2c(Nc3cccc(Cl)c3)ncc(C(=O)N3CCC4(CC3)COC4)c12. The number of nitrogens with one attached hydrogen (secondary N) is 1. The molecule has 0 radical (unpaired) electrons. The van der Waals surface area contributed by atoms with Crippen molar-refractivity contribution in [3.63, 3.8) is 0 Å². The molecule has 0 saturated carbocycles. The second kappa shape index (κ2) is 7.56. The molecule has 6 heteroatoms. The lowest BCUT2D eigenvalue weighted by Gasteiger charge is -2.47. The maximum atomic E-state index is 13.4. The fourth-order valence-corrected chi connectivity index (χ4v) is 4.67. The van der Waals surface area contributed by atoms with E-state index in [-0.39, 0.29) is 5.91 Å². The fraction of sp³-hybridized carbons (Fsp3) is 0.333. The predicted molar refractivity (Wildman–Crippen MR) is 120 cm³/mol. The Hall–Kier alpha value is -2.63. The van der Waals surface area contributed by atoms with E-state index in [1.54, 1.807) is 6.20 Å². The van der Waals surface area contributed by atoms with Crippen LogP contribution in [-0.2, 0) is 4.74 Å². The minimum atomic E-state index is 0.0613. The summed E-state index contributed by atoms with van der Waals surface area (Å²) >= 11 is 6.12. The van der Waals surface area contributed by atoms with Gasteiger partial charge in [-0.2, -0.15) is 0 Å². The monoisotopic (exact) mass is 421 g/mol. The Kier molecular flexibility index (Phi) is 4.88. The molecule has 5 nitrogen and oxygen atoms in total. The minimum absolute atomic E-state index is 0.0613. The highest BCUT2D eigenvalue weighted by Gasteiger charge is 2.42. The van der Waals surface area contributed by atoms with Gasteiger partial charge in [-0.05, 0) is 43.5 Å². The van der Waals surface area contributed by atoms with Crippen molar-refractivity contribution in [1.82, 2.24) is 9.88 Å². The van der Waals surface area contributed by atoms with Gasteiger partial charge in [-0.25, -0.2) is 4.98 Å². The molecule has 2 aromatic carbocycles. The number of fused-ring (bicyclic) bond motifs is 1. The Morgan fingerprint density at radius 2 is 1.93 bits per heavy atom. The fourth-order valence-electron chi connectivity index (χ4n) is 4.48. The number of nitrogens with zero attached hydrogens (tertiary/aromatic N) is 2. The normalized spacial score (nSPS) is 17.7. The van der Waals surface area contributed by atoms with Gasteiger partial charge in [-0.1, -0.05) is 35.9 Å². The molecule has 2 aliphatic rings. The Morgan fingerprint density at radius 3 is 2.63 bits per heavy atom. The second-order valence-electron chi connectivity index (χ2n) is 8.44. The Morgan fingerprint density at radius 1 is 1.17 bits per heavy atom. The first-order valence-corrected chi connectivity index (χ1v) is 10.7. The molecular formula is C24H24ClN3O2. The average Bonchev–Trinajstić information content (AvgIpc) is 2.73. The topological polar surface area (TPSA) is 54.5 Å². The van der Waals surface area contributed by atoms with Crippen LogP contribution in [0.3, 0.4) is 0 Å². The molecule has 30 heavy (non-hydrogen) atoms. The number of amides is 1. The standard InChI is InChI=1S/C24H24ClN3O2/c1-16-4-2-7-19-21(16)20(13-26-22(19)27-18-6-3-5-17(25)12-18)23(29)28-10-8-24(9-11-28)14-30-15-24/h2-7,12-13H,8-11,14-15H2,1H3,(H,26,27). The number of halogens is 1. The van der Waals surface area contributed by atoms with Crippen LogP contribution in [0.1, 0.15) is 28.8 Å². The molecule has 1 aromatic heterocycles. The van der Waals surface area contributed by atoms with E-state index in [0.717, 1.165) is 67.0 Å². The summed E-state index contributed by atoms with van der Waals surface area (Å²) in [6, 6.07) is 13.6. The lowest BCUT2D eigenvalue weighted by molar-refractivity contribution is -0.136. The van der Waals surface area contributed by atoms with Crippen molar-refractivity contribution in [1.29, 1.82) is 0 Å². The number of carbonyl (C=O) groups is 1. The van der Waals surface area contributed by atoms with E-state index < -0.39 is 0 Å². The number of hydrogen-bond donors (Lipinski definition) is 1. The van der Waals surface area contributed by atoms with Crippen molar-refractivity contribution in [2.75, 3.05) is 31.6 Å². The number of aryl methyl sites for hydroxylation is 1. The van der Waals surface area contributed by atoms with E-state index >= 15 is 0 Å². The first-order valence-electron chi connectivity index (χ1n) is 10.3. The molecule has 0 aliphatic carbocycles. The third kappa shape index (κ3) is 3.42. The van der Waals surface area contributed by atoms with Crippen LogP contribution in [0, 0.1) is 12.3 Å². The van der Waals surface area contributed by atoms with Crippen LogP contribution < -0.4 is 5.32 Å². The molecule has 1 N–H and O–H groups in total. The van der Waals surface area contributed by atoms with Crippen molar-refractivity contribution < 1.29 is 9.53 Å². The van der Waals surface area contributed by atoms with Gasteiger partial charge in [0.25, 0.3) is 5.91 Å². The van der Waals surface area contributed by atoms with E-state index in [0.29, 0.717) is 16.0 Å². The molecule has 3 aromatic rings. The molecule has 1 spiro atoms. The Balaban J connectivity index is 1.48. The summed E-state index contributed by atoms with van der Waals surface area (Å²) in [5, 5.41) is 5.90. The third-order valence-corrected chi connectivity index (χ3v) is 6.60. The number of anilines is 2. The number of ether oxygens (including phenoxy) is 1. The van der Waals surface area contributed by atoms with Gasteiger partial charge in [0.1, 0.15) is 5.82 Å². The summed E-state index contributed by atoms with van der Waals surface area (Å²) in [4.78, 5) is 20.0. The van der Waals surface area contributed by atoms with Crippen LogP contribution in [0.25, 0.3) is 10.8 Å². The zero-order valence-corrected chi connectivity index (χ0v) is 17.7. The predicted octanol–water partition coefficient (Wildman–Crippen LogP) is 5.19. The third-order valence-electron chi connectivity index (χ3n) is 6.37. The highest BCUT2D eigenvalue weighted by atomic mass is 35.5. The van der Waals surface area contributed by atoms with Crippen LogP contribution in [0.5, 0.6) is 0 Å². The molecule has 0 unspecified atom stereocenters. The lowest BCUT2D eigenvalue weighted by Crippen LogP contribution is -2.52. The van der Waals surface area contributed by atoms with Gasteiger partial charge < -0.3 is 15.0 Å². The number of aromatic nitrogens is 1. The molecule has 0 bridgehead atoms. The van der Waals surface area contributed by atoms with Gasteiger partial charge in [0.05, 0.1) is 18.8 Å². The molecule has 2 saturated heterocycles. The first-order chi connectivity index (χ1) is 14.5. The van der Waals surface area contributed by atoms with E-state index in [1.807, 2.05) is 54.3 Å². The number of carbonyl (C=O) groups excluding carboxylic acids is 1. The van der Waals surface area contributed by atoms with E-state index in [9.17, 15) is 4.79 Å². The van der Waals surface area contributed by atoms with Crippen molar-refractivity contribution in [3.05, 3.63) is 64.8 Å². The summed E-state index contributed by atoms with van der Waals surface area (Å²) in [7, 11) is 0. The summed E-state index contributed by atoms with van der Waals surface area (Å²) in [6.07, 6.45) is 3.73. The average molecular weight is 422 g/mol. The van der Waals surface area contributed by atoms with E-state index in [1.165, 1.54) is 0 Å². The van der Waals surface area contributed by atoms with Crippen molar-refractivity contribution >= 4 is 39.8 Å². The zero-order chi connectivity index (χ0) is 20.7. The smallest absolute Gasteiger partial charge is 0.256 e. The lowest BCUT2D eigenvalue weighted by atomic mass is 9.77. The van der Waals surface area contributed by atoms with Gasteiger partial charge in [0.15, 0.2) is 0 Å². The van der Waals surface area contributed by atoms with Crippen LogP contribution in [0.2, 0.25) is 5.02 Å². The van der Waals surface area contributed by atoms with Gasteiger partial charge in [0.2, 0.25) is 0 Å². The molecular weight excluding hydrogens is 398 g/mol. The molecule has 154 valence electrons. The molecule has 2 fully saturated rings. The molecule has 5 rings (SSSR count). The Bertz CT molecular complexity index is 1120. The second-order valence-corrected chi connectivity index (χ2v) is 8.87. The van der Waals surface area contributed by atoms with Gasteiger partial charge in [0, 0.05) is 46.2 Å². The summed E-state index contributed by atoms with van der Waals surface area (Å²) < 4.78 is 5.41. The largest absolute Gasteiger partial charge is 0.380 e. The van der Waals surface area contributed by atoms with Crippen LogP contribution in [0.4, 0.5) is 11.5 Å². The molecule has 2 aliphatic heterocycles. The minimum Gasteiger partial charge on any atom is -0.380 e. The number of hydrogen-bond acceptors (Lipinski definition) is 4. The molecule has 3 heterocycles. The maximum Gasteiger partial charge on any atom is 0.256 e. The number of benzene rings is 2. The van der Waals surface area contributed by atoms with Crippen LogP contribution >= 0.6 is 11.6 Å².